The number of anilines is 1. The highest BCUT2D eigenvalue weighted by molar-refractivity contribution is 6.30. The molecule has 2 rings (SSSR count). The Morgan fingerprint density at radius 1 is 1.00 bits per heavy atom. The molecule has 0 heterocycles. The Kier molecular flexibility index (Phi) is 5.08. The van der Waals surface area contributed by atoms with Crippen LogP contribution in [0, 0.1) is 13.8 Å². The molecular formula is C18H22ClN. The monoisotopic (exact) mass is 287 g/mol. The van der Waals surface area contributed by atoms with Gasteiger partial charge in [0.1, 0.15) is 0 Å². The van der Waals surface area contributed by atoms with Gasteiger partial charge in [0, 0.05) is 10.7 Å². The summed E-state index contributed by atoms with van der Waals surface area (Å²) in [7, 11) is 0. The van der Waals surface area contributed by atoms with Crippen LogP contribution in [0.5, 0.6) is 0 Å². The maximum absolute atomic E-state index is 5.97. The highest BCUT2D eigenvalue weighted by atomic mass is 35.5. The smallest absolute Gasteiger partial charge is 0.0513 e. The molecule has 1 nitrogen and oxygen atoms in total. The second-order valence-corrected chi connectivity index (χ2v) is 5.85. The van der Waals surface area contributed by atoms with Crippen LogP contribution in [0.25, 0.3) is 0 Å². The first-order chi connectivity index (χ1) is 9.58. The Morgan fingerprint density at radius 2 is 1.60 bits per heavy atom. The molecule has 1 N–H and O–H groups in total. The van der Waals surface area contributed by atoms with E-state index in [4.69, 9.17) is 11.6 Å². The molecule has 106 valence electrons. The minimum absolute atomic E-state index is 0.332. The van der Waals surface area contributed by atoms with E-state index in [-0.39, 0.29) is 0 Å². The Labute approximate surface area is 127 Å². The molecule has 0 fully saturated rings. The molecule has 2 aromatic carbocycles. The average Bonchev–Trinajstić information content (AvgIpc) is 2.38. The lowest BCUT2D eigenvalue weighted by Crippen LogP contribution is -2.10. The lowest BCUT2D eigenvalue weighted by molar-refractivity contribution is 0.677. The van der Waals surface area contributed by atoms with Crippen molar-refractivity contribution in [3.63, 3.8) is 0 Å². The van der Waals surface area contributed by atoms with E-state index in [9.17, 15) is 0 Å². The zero-order valence-corrected chi connectivity index (χ0v) is 13.2. The van der Waals surface area contributed by atoms with Crippen molar-refractivity contribution >= 4 is 17.3 Å². The number of hydrogen-bond donors (Lipinski definition) is 1. The molecule has 0 saturated heterocycles. The number of aryl methyl sites for hydroxylation is 2. The van der Waals surface area contributed by atoms with E-state index >= 15 is 0 Å². The molecule has 0 radical (unpaired) electrons. The third-order valence-electron chi connectivity index (χ3n) is 3.41. The molecule has 2 aromatic rings. The average molecular weight is 288 g/mol. The molecule has 0 aliphatic rings. The highest BCUT2D eigenvalue weighted by Crippen LogP contribution is 2.26. The van der Waals surface area contributed by atoms with Crippen molar-refractivity contribution in [2.45, 2.75) is 39.7 Å². The van der Waals surface area contributed by atoms with Crippen LogP contribution >= 0.6 is 11.6 Å². The maximum atomic E-state index is 5.97. The number of benzene rings is 2. The highest BCUT2D eigenvalue weighted by Gasteiger charge is 2.10. The SMILES string of the molecule is CCCC(Nc1cc(C)cc(C)c1)c1ccc(Cl)cc1. The van der Waals surface area contributed by atoms with Gasteiger partial charge in [0.25, 0.3) is 0 Å². The molecule has 1 atom stereocenters. The third kappa shape index (κ3) is 4.01. The van der Waals surface area contributed by atoms with Crippen LogP contribution in [0.1, 0.15) is 42.5 Å². The van der Waals surface area contributed by atoms with E-state index in [1.165, 1.54) is 22.4 Å². The fourth-order valence-corrected chi connectivity index (χ4v) is 2.69. The summed E-state index contributed by atoms with van der Waals surface area (Å²) < 4.78 is 0. The van der Waals surface area contributed by atoms with Crippen molar-refractivity contribution < 1.29 is 0 Å². The predicted octanol–water partition coefficient (Wildman–Crippen LogP) is 5.91. The van der Waals surface area contributed by atoms with Crippen molar-refractivity contribution in [3.8, 4) is 0 Å². The summed E-state index contributed by atoms with van der Waals surface area (Å²) in [6.45, 7) is 6.48. The first-order valence-electron chi connectivity index (χ1n) is 7.19. The van der Waals surface area contributed by atoms with Gasteiger partial charge < -0.3 is 5.32 Å². The first-order valence-corrected chi connectivity index (χ1v) is 7.56. The predicted molar refractivity (Wildman–Crippen MR) is 88.6 cm³/mol. The summed E-state index contributed by atoms with van der Waals surface area (Å²) in [6, 6.07) is 15.1. The molecule has 0 aliphatic heterocycles. The Hall–Kier alpha value is -1.47. The van der Waals surface area contributed by atoms with Crippen LogP contribution in [0.3, 0.4) is 0 Å². The van der Waals surface area contributed by atoms with E-state index in [1.54, 1.807) is 0 Å². The van der Waals surface area contributed by atoms with Crippen molar-refractivity contribution in [3.05, 3.63) is 64.2 Å². The second-order valence-electron chi connectivity index (χ2n) is 5.41. The van der Waals surface area contributed by atoms with Gasteiger partial charge in [0.05, 0.1) is 6.04 Å². The second kappa shape index (κ2) is 6.81. The molecule has 0 saturated carbocycles. The quantitative estimate of drug-likeness (QED) is 0.721. The zero-order chi connectivity index (χ0) is 14.5. The van der Waals surface area contributed by atoms with E-state index in [0.717, 1.165) is 17.9 Å². The van der Waals surface area contributed by atoms with Gasteiger partial charge in [-0.05, 0) is 61.2 Å². The first kappa shape index (κ1) is 14.9. The Balaban J connectivity index is 2.22. The Bertz CT molecular complexity index is 540. The minimum atomic E-state index is 0.332. The van der Waals surface area contributed by atoms with Crippen LogP contribution in [0.2, 0.25) is 5.02 Å². The molecule has 1 unspecified atom stereocenters. The van der Waals surface area contributed by atoms with Crippen molar-refractivity contribution in [2.24, 2.45) is 0 Å². The van der Waals surface area contributed by atoms with E-state index in [1.807, 2.05) is 12.1 Å². The normalized spacial score (nSPS) is 12.2. The van der Waals surface area contributed by atoms with Gasteiger partial charge >= 0.3 is 0 Å². The molecule has 2 heteroatoms. The van der Waals surface area contributed by atoms with Crippen LogP contribution in [-0.4, -0.2) is 0 Å². The van der Waals surface area contributed by atoms with E-state index < -0.39 is 0 Å². The van der Waals surface area contributed by atoms with E-state index in [0.29, 0.717) is 6.04 Å². The molecule has 0 aliphatic carbocycles. The molecule has 0 amide bonds. The molecule has 0 aromatic heterocycles. The van der Waals surface area contributed by atoms with Gasteiger partial charge in [-0.1, -0.05) is 43.1 Å². The fraction of sp³-hybridized carbons (Fsp3) is 0.333. The van der Waals surface area contributed by atoms with Crippen LogP contribution < -0.4 is 5.32 Å². The van der Waals surface area contributed by atoms with Crippen LogP contribution in [0.4, 0.5) is 5.69 Å². The van der Waals surface area contributed by atoms with Gasteiger partial charge in [-0.15, -0.1) is 0 Å². The summed E-state index contributed by atoms with van der Waals surface area (Å²) in [6.07, 6.45) is 2.25. The van der Waals surface area contributed by atoms with Crippen molar-refractivity contribution in [1.82, 2.24) is 0 Å². The Morgan fingerprint density at radius 3 is 2.15 bits per heavy atom. The summed E-state index contributed by atoms with van der Waals surface area (Å²) in [5.41, 5.74) is 5.06. The summed E-state index contributed by atoms with van der Waals surface area (Å²) in [5, 5.41) is 4.44. The number of halogens is 1. The summed E-state index contributed by atoms with van der Waals surface area (Å²) >= 11 is 5.97. The summed E-state index contributed by atoms with van der Waals surface area (Å²) in [4.78, 5) is 0. The van der Waals surface area contributed by atoms with Gasteiger partial charge in [-0.2, -0.15) is 0 Å². The van der Waals surface area contributed by atoms with Gasteiger partial charge in [-0.3, -0.25) is 0 Å². The standard InChI is InChI=1S/C18H22ClN/c1-4-5-18(15-6-8-16(19)9-7-15)20-17-11-13(2)10-14(3)12-17/h6-12,18,20H,4-5H2,1-3H3. The van der Waals surface area contributed by atoms with Crippen LogP contribution in [-0.2, 0) is 0 Å². The van der Waals surface area contributed by atoms with Crippen LogP contribution in [0.15, 0.2) is 42.5 Å². The minimum Gasteiger partial charge on any atom is -0.378 e. The largest absolute Gasteiger partial charge is 0.378 e. The lowest BCUT2D eigenvalue weighted by Gasteiger charge is -2.21. The molecule has 20 heavy (non-hydrogen) atoms. The third-order valence-corrected chi connectivity index (χ3v) is 3.66. The number of nitrogens with one attached hydrogen (secondary N) is 1. The van der Waals surface area contributed by atoms with E-state index in [2.05, 4.69) is 56.4 Å². The van der Waals surface area contributed by atoms with Gasteiger partial charge in [0.15, 0.2) is 0 Å². The zero-order valence-electron chi connectivity index (χ0n) is 12.4. The summed E-state index contributed by atoms with van der Waals surface area (Å²) in [5.74, 6) is 0. The maximum Gasteiger partial charge on any atom is 0.0513 e. The number of hydrogen-bond acceptors (Lipinski definition) is 1. The van der Waals surface area contributed by atoms with Crippen molar-refractivity contribution in [2.75, 3.05) is 5.32 Å². The van der Waals surface area contributed by atoms with Crippen molar-refractivity contribution in [1.29, 1.82) is 0 Å². The van der Waals surface area contributed by atoms with Gasteiger partial charge in [-0.25, -0.2) is 0 Å². The topological polar surface area (TPSA) is 12.0 Å². The lowest BCUT2D eigenvalue weighted by atomic mass is 10.0. The molecule has 0 bridgehead atoms. The number of rotatable bonds is 5. The fourth-order valence-electron chi connectivity index (χ4n) is 2.57. The molecule has 0 spiro atoms. The molecular weight excluding hydrogens is 266 g/mol. The van der Waals surface area contributed by atoms with Gasteiger partial charge in [0.2, 0.25) is 0 Å².